The molecule has 21 heavy (non-hydrogen) atoms. The Bertz CT molecular complexity index is 488. The first-order valence-corrected chi connectivity index (χ1v) is 8.01. The Kier molecular flexibility index (Phi) is 4.27. The van der Waals surface area contributed by atoms with E-state index in [4.69, 9.17) is 5.73 Å². The molecule has 1 atom stereocenters. The van der Waals surface area contributed by atoms with E-state index in [1.807, 2.05) is 0 Å². The molecule has 1 saturated heterocycles. The van der Waals surface area contributed by atoms with Gasteiger partial charge in [-0.05, 0) is 50.3 Å². The van der Waals surface area contributed by atoms with Crippen LogP contribution in [0.4, 0.5) is 8.78 Å². The molecule has 1 saturated carbocycles. The quantitative estimate of drug-likeness (QED) is 0.922. The Hall–Kier alpha value is -1.00. The lowest BCUT2D eigenvalue weighted by Crippen LogP contribution is -2.42. The van der Waals surface area contributed by atoms with Crippen molar-refractivity contribution >= 4 is 0 Å². The number of hydrogen-bond acceptors (Lipinski definition) is 2. The highest BCUT2D eigenvalue weighted by molar-refractivity contribution is 5.22. The van der Waals surface area contributed by atoms with Crippen molar-refractivity contribution in [1.82, 2.24) is 4.90 Å². The fourth-order valence-electron chi connectivity index (χ4n) is 4.01. The van der Waals surface area contributed by atoms with E-state index in [1.54, 1.807) is 0 Å². The van der Waals surface area contributed by atoms with Gasteiger partial charge in [0.1, 0.15) is 11.6 Å². The minimum atomic E-state index is -0.551. The summed E-state index contributed by atoms with van der Waals surface area (Å²) in [5.74, 6) is -1.09. The van der Waals surface area contributed by atoms with Gasteiger partial charge in [0.25, 0.3) is 0 Å². The molecule has 1 aliphatic carbocycles. The highest BCUT2D eigenvalue weighted by Crippen LogP contribution is 2.46. The first-order chi connectivity index (χ1) is 10.1. The number of likely N-dealkylation sites (tertiary alicyclic amines) is 1. The van der Waals surface area contributed by atoms with Gasteiger partial charge in [-0.25, -0.2) is 8.78 Å². The van der Waals surface area contributed by atoms with Crippen molar-refractivity contribution < 1.29 is 8.78 Å². The minimum absolute atomic E-state index is 0.386. The molecule has 0 amide bonds. The number of piperidine rings is 1. The molecule has 2 fully saturated rings. The first-order valence-electron chi connectivity index (χ1n) is 8.01. The van der Waals surface area contributed by atoms with E-state index in [2.05, 4.69) is 4.90 Å². The number of nitrogens with zero attached hydrogens (tertiary/aromatic N) is 1. The molecule has 0 radical (unpaired) electrons. The molecule has 116 valence electrons. The van der Waals surface area contributed by atoms with Crippen molar-refractivity contribution in [3.05, 3.63) is 35.4 Å². The molecule has 1 aromatic rings. The monoisotopic (exact) mass is 294 g/mol. The van der Waals surface area contributed by atoms with Gasteiger partial charge in [0, 0.05) is 24.2 Å². The zero-order valence-corrected chi connectivity index (χ0v) is 12.5. The van der Waals surface area contributed by atoms with Crippen molar-refractivity contribution in [2.45, 2.75) is 44.6 Å². The Labute approximate surface area is 125 Å². The predicted molar refractivity (Wildman–Crippen MR) is 79.9 cm³/mol. The van der Waals surface area contributed by atoms with Gasteiger partial charge in [-0.2, -0.15) is 0 Å². The van der Waals surface area contributed by atoms with Crippen LogP contribution >= 0.6 is 0 Å². The molecule has 1 spiro atoms. The average molecular weight is 294 g/mol. The predicted octanol–water partition coefficient (Wildman–Crippen LogP) is 3.62. The van der Waals surface area contributed by atoms with Crippen LogP contribution in [0.15, 0.2) is 18.2 Å². The van der Waals surface area contributed by atoms with Gasteiger partial charge < -0.3 is 10.6 Å². The molecule has 2 N–H and O–H groups in total. The smallest absolute Gasteiger partial charge is 0.130 e. The maximum atomic E-state index is 13.8. The van der Waals surface area contributed by atoms with Crippen LogP contribution < -0.4 is 5.73 Å². The number of halogens is 2. The summed E-state index contributed by atoms with van der Waals surface area (Å²) in [5.41, 5.74) is 7.12. The fourth-order valence-corrected chi connectivity index (χ4v) is 4.01. The fraction of sp³-hybridized carbons (Fsp3) is 0.647. The summed E-state index contributed by atoms with van der Waals surface area (Å²) < 4.78 is 26.7. The van der Waals surface area contributed by atoms with Crippen LogP contribution in [0.3, 0.4) is 0 Å². The highest BCUT2D eigenvalue weighted by Gasteiger charge is 2.37. The van der Waals surface area contributed by atoms with E-state index in [0.717, 1.165) is 19.2 Å². The summed E-state index contributed by atoms with van der Waals surface area (Å²) in [5, 5.41) is 0. The molecule has 3 rings (SSSR count). The molecule has 0 bridgehead atoms. The third-order valence-electron chi connectivity index (χ3n) is 5.40. The molecule has 2 aliphatic rings. The maximum Gasteiger partial charge on any atom is 0.130 e. The second-order valence-electron chi connectivity index (χ2n) is 6.78. The van der Waals surface area contributed by atoms with Crippen LogP contribution in [0.25, 0.3) is 0 Å². The number of benzene rings is 1. The van der Waals surface area contributed by atoms with E-state index in [9.17, 15) is 8.78 Å². The molecule has 4 heteroatoms. The summed E-state index contributed by atoms with van der Waals surface area (Å²) in [7, 11) is 0. The Morgan fingerprint density at radius 1 is 1.10 bits per heavy atom. The van der Waals surface area contributed by atoms with Gasteiger partial charge in [0.15, 0.2) is 0 Å². The van der Waals surface area contributed by atoms with Crippen LogP contribution in [-0.2, 0) is 0 Å². The lowest BCUT2D eigenvalue weighted by Gasteiger charge is -2.40. The van der Waals surface area contributed by atoms with Gasteiger partial charge >= 0.3 is 0 Å². The second-order valence-corrected chi connectivity index (χ2v) is 6.78. The third kappa shape index (κ3) is 3.27. The second kappa shape index (κ2) is 6.01. The lowest BCUT2D eigenvalue weighted by molar-refractivity contribution is 0.104. The molecule has 1 heterocycles. The maximum absolute atomic E-state index is 13.8. The highest BCUT2D eigenvalue weighted by atomic mass is 19.1. The van der Waals surface area contributed by atoms with Crippen molar-refractivity contribution in [1.29, 1.82) is 0 Å². The van der Waals surface area contributed by atoms with Crippen molar-refractivity contribution in [3.8, 4) is 0 Å². The van der Waals surface area contributed by atoms with E-state index in [1.165, 1.54) is 50.7 Å². The molecular weight excluding hydrogens is 270 g/mol. The first kappa shape index (κ1) is 14.9. The van der Waals surface area contributed by atoms with Gasteiger partial charge in [-0.1, -0.05) is 18.9 Å². The zero-order valence-electron chi connectivity index (χ0n) is 12.5. The van der Waals surface area contributed by atoms with Crippen molar-refractivity contribution in [2.24, 2.45) is 11.1 Å². The van der Waals surface area contributed by atoms with Gasteiger partial charge in [0.05, 0.1) is 0 Å². The third-order valence-corrected chi connectivity index (χ3v) is 5.40. The number of nitrogens with two attached hydrogens (primary N) is 1. The van der Waals surface area contributed by atoms with Crippen LogP contribution in [0.5, 0.6) is 0 Å². The summed E-state index contributed by atoms with van der Waals surface area (Å²) in [6.07, 6.45) is 7.98. The Balaban J connectivity index is 1.57. The molecule has 1 aromatic carbocycles. The Morgan fingerprint density at radius 2 is 1.76 bits per heavy atom. The molecule has 2 nitrogen and oxygen atoms in total. The van der Waals surface area contributed by atoms with Crippen molar-refractivity contribution in [3.63, 3.8) is 0 Å². The van der Waals surface area contributed by atoms with Crippen LogP contribution in [-0.4, -0.2) is 24.5 Å². The zero-order chi connectivity index (χ0) is 14.9. The van der Waals surface area contributed by atoms with E-state index < -0.39 is 11.6 Å². The van der Waals surface area contributed by atoms with Crippen LogP contribution in [0.1, 0.15) is 50.1 Å². The van der Waals surface area contributed by atoms with Crippen molar-refractivity contribution in [2.75, 3.05) is 19.6 Å². The van der Waals surface area contributed by atoms with E-state index in [-0.39, 0.29) is 6.04 Å². The summed E-state index contributed by atoms with van der Waals surface area (Å²) >= 11 is 0. The molecule has 0 aromatic heterocycles. The number of hydrogen-bond donors (Lipinski definition) is 1. The average Bonchev–Trinajstić information content (AvgIpc) is 2.90. The SMILES string of the molecule is NC(CN1CCC2(CCCC2)CC1)c1ccc(F)cc1F. The van der Waals surface area contributed by atoms with Crippen LogP contribution in [0.2, 0.25) is 0 Å². The Morgan fingerprint density at radius 3 is 2.38 bits per heavy atom. The lowest BCUT2D eigenvalue weighted by atomic mass is 9.77. The van der Waals surface area contributed by atoms with Gasteiger partial charge in [-0.15, -0.1) is 0 Å². The molecule has 1 aliphatic heterocycles. The molecular formula is C17H24F2N2. The van der Waals surface area contributed by atoms with E-state index in [0.29, 0.717) is 17.5 Å². The van der Waals surface area contributed by atoms with Crippen LogP contribution in [0, 0.1) is 17.0 Å². The van der Waals surface area contributed by atoms with Gasteiger partial charge in [-0.3, -0.25) is 0 Å². The minimum Gasteiger partial charge on any atom is -0.323 e. The summed E-state index contributed by atoms with van der Waals surface area (Å²) in [6.45, 7) is 2.76. The van der Waals surface area contributed by atoms with Gasteiger partial charge in [0.2, 0.25) is 0 Å². The topological polar surface area (TPSA) is 29.3 Å². The summed E-state index contributed by atoms with van der Waals surface area (Å²) in [4.78, 5) is 2.33. The van der Waals surface area contributed by atoms with E-state index >= 15 is 0 Å². The number of rotatable bonds is 3. The largest absolute Gasteiger partial charge is 0.323 e. The summed E-state index contributed by atoms with van der Waals surface area (Å²) in [6, 6.07) is 3.28. The normalized spacial score (nSPS) is 23.6. The molecule has 1 unspecified atom stereocenters. The standard InChI is InChI=1S/C17H24F2N2/c18-13-3-4-14(15(19)11-13)16(20)12-21-9-7-17(8-10-21)5-1-2-6-17/h3-4,11,16H,1-2,5-10,12,20H2.